The normalized spacial score (nSPS) is 15.0. The molecule has 0 N–H and O–H groups in total. The maximum absolute atomic E-state index is 10.8. The highest BCUT2D eigenvalue weighted by Gasteiger charge is 2.16. The molecule has 1 aromatic rings. The van der Waals surface area contributed by atoms with Crippen molar-refractivity contribution in [1.29, 1.82) is 0 Å². The lowest BCUT2D eigenvalue weighted by Gasteiger charge is -1.87. The van der Waals surface area contributed by atoms with E-state index < -0.39 is 0 Å². The molecule has 0 saturated heterocycles. The first-order valence-corrected chi connectivity index (χ1v) is 3.72. The van der Waals surface area contributed by atoms with Gasteiger partial charge in [0.25, 0.3) is 0 Å². The Hall–Kier alpha value is -1.19. The fraction of sp³-hybridized carbons (Fsp3) is 0.571. The summed E-state index contributed by atoms with van der Waals surface area (Å²) in [6.45, 7) is 2.40. The second-order valence-corrected chi connectivity index (χ2v) is 2.73. The summed E-state index contributed by atoms with van der Waals surface area (Å²) in [5.74, 6) is 1.27. The Kier molecular flexibility index (Phi) is 1.27. The van der Waals surface area contributed by atoms with E-state index in [1.54, 1.807) is 0 Å². The number of fused-ring (bicyclic) bond motifs is 1. The van der Waals surface area contributed by atoms with E-state index in [9.17, 15) is 4.79 Å². The predicted molar refractivity (Wildman–Crippen MR) is 38.3 cm³/mol. The third-order valence-electron chi connectivity index (χ3n) is 1.83. The van der Waals surface area contributed by atoms with Crippen LogP contribution in [0.5, 0.6) is 0 Å². The zero-order valence-electron chi connectivity index (χ0n) is 6.37. The number of aryl methyl sites for hydroxylation is 2. The standard InChI is InChI=1S/C7H9N3O/c1-5(11)7-8-6-3-2-4-10(6)9-7/h2-4H2,1H3. The zero-order valence-corrected chi connectivity index (χ0v) is 6.37. The van der Waals surface area contributed by atoms with Crippen molar-refractivity contribution in [3.8, 4) is 0 Å². The van der Waals surface area contributed by atoms with Crippen LogP contribution in [0.4, 0.5) is 0 Å². The van der Waals surface area contributed by atoms with E-state index in [1.165, 1.54) is 6.92 Å². The Morgan fingerprint density at radius 1 is 1.64 bits per heavy atom. The van der Waals surface area contributed by atoms with Gasteiger partial charge in [-0.05, 0) is 6.42 Å². The Morgan fingerprint density at radius 2 is 2.45 bits per heavy atom. The summed E-state index contributed by atoms with van der Waals surface area (Å²) in [5, 5.41) is 4.05. The molecule has 0 atom stereocenters. The zero-order chi connectivity index (χ0) is 7.84. The third-order valence-corrected chi connectivity index (χ3v) is 1.83. The molecule has 0 fully saturated rings. The summed E-state index contributed by atoms with van der Waals surface area (Å²) >= 11 is 0. The molecule has 11 heavy (non-hydrogen) atoms. The third kappa shape index (κ3) is 0.943. The minimum Gasteiger partial charge on any atom is -0.291 e. The molecule has 4 nitrogen and oxygen atoms in total. The molecule has 0 aliphatic carbocycles. The molecule has 1 aromatic heterocycles. The van der Waals surface area contributed by atoms with Crippen molar-refractivity contribution in [2.75, 3.05) is 0 Å². The molecular formula is C7H9N3O. The smallest absolute Gasteiger partial charge is 0.217 e. The second-order valence-electron chi connectivity index (χ2n) is 2.73. The number of nitrogens with zero attached hydrogens (tertiary/aromatic N) is 3. The summed E-state index contributed by atoms with van der Waals surface area (Å²) in [6.07, 6.45) is 2.06. The summed E-state index contributed by atoms with van der Waals surface area (Å²) < 4.78 is 1.82. The van der Waals surface area contributed by atoms with Gasteiger partial charge in [-0.1, -0.05) is 0 Å². The van der Waals surface area contributed by atoms with E-state index in [-0.39, 0.29) is 5.78 Å². The maximum atomic E-state index is 10.8. The highest BCUT2D eigenvalue weighted by Crippen LogP contribution is 2.10. The van der Waals surface area contributed by atoms with Crippen molar-refractivity contribution in [3.05, 3.63) is 11.6 Å². The summed E-state index contributed by atoms with van der Waals surface area (Å²) in [7, 11) is 0. The van der Waals surface area contributed by atoms with Crippen LogP contribution in [0.2, 0.25) is 0 Å². The largest absolute Gasteiger partial charge is 0.291 e. The van der Waals surface area contributed by atoms with Gasteiger partial charge in [0.05, 0.1) is 0 Å². The van der Waals surface area contributed by atoms with Gasteiger partial charge in [-0.2, -0.15) is 0 Å². The maximum Gasteiger partial charge on any atom is 0.217 e. The minimum absolute atomic E-state index is 0.0492. The number of hydrogen-bond acceptors (Lipinski definition) is 3. The van der Waals surface area contributed by atoms with Crippen LogP contribution in [0.3, 0.4) is 0 Å². The van der Waals surface area contributed by atoms with Crippen molar-refractivity contribution in [1.82, 2.24) is 14.8 Å². The molecule has 0 unspecified atom stereocenters. The molecule has 2 heterocycles. The number of ketones is 1. The Bertz CT molecular complexity index is 281. The predicted octanol–water partition coefficient (Wildman–Crippen LogP) is 0.427. The first-order chi connectivity index (χ1) is 5.27. The van der Waals surface area contributed by atoms with Crippen molar-refractivity contribution < 1.29 is 4.79 Å². The van der Waals surface area contributed by atoms with Gasteiger partial charge < -0.3 is 0 Å². The number of rotatable bonds is 1. The molecule has 0 amide bonds. The van der Waals surface area contributed by atoms with Crippen LogP contribution >= 0.6 is 0 Å². The molecule has 0 spiro atoms. The number of Topliss-reactive ketones (excluding diaryl/α,β-unsaturated/α-hetero) is 1. The molecule has 0 radical (unpaired) electrons. The number of aromatic nitrogens is 3. The lowest BCUT2D eigenvalue weighted by Crippen LogP contribution is -1.99. The molecule has 0 aromatic carbocycles. The summed E-state index contributed by atoms with van der Waals surface area (Å²) in [5.41, 5.74) is 0. The van der Waals surface area contributed by atoms with Crippen molar-refractivity contribution in [2.45, 2.75) is 26.3 Å². The van der Waals surface area contributed by atoms with Crippen LogP contribution in [0.25, 0.3) is 0 Å². The first-order valence-electron chi connectivity index (χ1n) is 3.72. The molecule has 2 rings (SSSR count). The van der Waals surface area contributed by atoms with E-state index in [4.69, 9.17) is 0 Å². The van der Waals surface area contributed by atoms with Gasteiger partial charge in [0, 0.05) is 19.9 Å². The minimum atomic E-state index is -0.0492. The quantitative estimate of drug-likeness (QED) is 0.547. The van der Waals surface area contributed by atoms with Crippen LogP contribution in [0.15, 0.2) is 0 Å². The van der Waals surface area contributed by atoms with Gasteiger partial charge >= 0.3 is 0 Å². The van der Waals surface area contributed by atoms with Gasteiger partial charge in [-0.25, -0.2) is 9.67 Å². The van der Waals surface area contributed by atoms with Gasteiger partial charge in [-0.15, -0.1) is 5.10 Å². The molecule has 58 valence electrons. The van der Waals surface area contributed by atoms with Crippen molar-refractivity contribution in [3.63, 3.8) is 0 Å². The molecule has 4 heteroatoms. The van der Waals surface area contributed by atoms with Gasteiger partial charge in [0.2, 0.25) is 5.82 Å². The Labute approximate surface area is 64.2 Å². The van der Waals surface area contributed by atoms with E-state index in [2.05, 4.69) is 10.1 Å². The highest BCUT2D eigenvalue weighted by molar-refractivity contribution is 5.90. The molecule has 0 saturated carbocycles. The van der Waals surface area contributed by atoms with Crippen molar-refractivity contribution >= 4 is 5.78 Å². The lowest BCUT2D eigenvalue weighted by atomic mass is 10.3. The average Bonchev–Trinajstić information content (AvgIpc) is 2.40. The average molecular weight is 151 g/mol. The van der Waals surface area contributed by atoms with Gasteiger partial charge in [-0.3, -0.25) is 4.79 Å². The summed E-state index contributed by atoms with van der Waals surface area (Å²) in [6, 6.07) is 0. The van der Waals surface area contributed by atoms with E-state index in [0.29, 0.717) is 5.82 Å². The van der Waals surface area contributed by atoms with Crippen LogP contribution in [0.1, 0.15) is 29.8 Å². The fourth-order valence-electron chi connectivity index (χ4n) is 1.27. The van der Waals surface area contributed by atoms with Gasteiger partial charge in [0.1, 0.15) is 5.82 Å². The first kappa shape index (κ1) is 6.52. The monoisotopic (exact) mass is 151 g/mol. The van der Waals surface area contributed by atoms with Crippen LogP contribution in [-0.4, -0.2) is 20.5 Å². The summed E-state index contributed by atoms with van der Waals surface area (Å²) in [4.78, 5) is 14.9. The topological polar surface area (TPSA) is 47.8 Å². The highest BCUT2D eigenvalue weighted by atomic mass is 16.1. The second kappa shape index (κ2) is 2.15. The number of carbonyl (C=O) groups excluding carboxylic acids is 1. The molecular weight excluding hydrogens is 142 g/mol. The van der Waals surface area contributed by atoms with E-state index in [1.807, 2.05) is 4.68 Å². The number of hydrogen-bond donors (Lipinski definition) is 0. The van der Waals surface area contributed by atoms with Gasteiger partial charge in [0.15, 0.2) is 5.78 Å². The SMILES string of the molecule is CC(=O)c1nc2n(n1)CCC2. The van der Waals surface area contributed by atoms with Crippen LogP contribution in [-0.2, 0) is 13.0 Å². The van der Waals surface area contributed by atoms with Crippen molar-refractivity contribution in [2.24, 2.45) is 0 Å². The van der Waals surface area contributed by atoms with E-state index >= 15 is 0 Å². The number of carbonyl (C=O) groups is 1. The molecule has 1 aliphatic heterocycles. The Balaban J connectivity index is 2.42. The lowest BCUT2D eigenvalue weighted by molar-refractivity contribution is 0.100. The fourth-order valence-corrected chi connectivity index (χ4v) is 1.27. The van der Waals surface area contributed by atoms with Crippen LogP contribution < -0.4 is 0 Å². The van der Waals surface area contributed by atoms with E-state index in [0.717, 1.165) is 25.2 Å². The molecule has 1 aliphatic rings. The van der Waals surface area contributed by atoms with Crippen LogP contribution in [0, 0.1) is 0 Å². The Morgan fingerprint density at radius 3 is 3.09 bits per heavy atom. The molecule has 0 bridgehead atoms.